The molecule has 1 rings (SSSR count). The number of halogens is 3. The van der Waals surface area contributed by atoms with E-state index >= 15 is 0 Å². The highest BCUT2D eigenvalue weighted by Crippen LogP contribution is 2.25. The predicted octanol–water partition coefficient (Wildman–Crippen LogP) is 1.91. The number of nitrogens with zero attached hydrogens (tertiary/aromatic N) is 1. The van der Waals surface area contributed by atoms with Crippen LogP contribution in [0, 0.1) is 5.82 Å². The molecular weight excluding hydrogens is 327 g/mol. The zero-order valence-corrected chi connectivity index (χ0v) is 12.5. The van der Waals surface area contributed by atoms with Crippen molar-refractivity contribution < 1.29 is 36.2 Å². The van der Waals surface area contributed by atoms with Crippen molar-refractivity contribution in [2.24, 2.45) is 0 Å². The maximum atomic E-state index is 13.6. The first-order valence-electron chi connectivity index (χ1n) is 6.03. The Morgan fingerprint density at radius 1 is 1.36 bits per heavy atom. The molecule has 1 N–H and O–H groups in total. The Kier molecular flexibility index (Phi) is 5.78. The maximum Gasteiger partial charge on any atom is 0.387 e. The molecule has 0 unspecified atom stereocenters. The lowest BCUT2D eigenvalue weighted by molar-refractivity contribution is -0.137. The van der Waals surface area contributed by atoms with Gasteiger partial charge >= 0.3 is 12.6 Å². The number of aliphatic carboxylic acids is 1. The summed E-state index contributed by atoms with van der Waals surface area (Å²) in [6.45, 7) is -1.16. The number of alkyl halides is 2. The predicted molar refractivity (Wildman–Crippen MR) is 69.7 cm³/mol. The number of carboxylic acids is 1. The van der Waals surface area contributed by atoms with Crippen molar-refractivity contribution in [1.29, 1.82) is 0 Å². The van der Waals surface area contributed by atoms with Gasteiger partial charge in [0.05, 0.1) is 4.90 Å². The van der Waals surface area contributed by atoms with Crippen molar-refractivity contribution in [3.8, 4) is 5.75 Å². The number of rotatable bonds is 7. The average Bonchev–Trinajstić information content (AvgIpc) is 2.37. The van der Waals surface area contributed by atoms with E-state index in [1.54, 1.807) is 0 Å². The summed E-state index contributed by atoms with van der Waals surface area (Å²) in [4.78, 5) is 10.2. The molecule has 0 amide bonds. The lowest BCUT2D eigenvalue weighted by atomic mass is 10.3. The number of hydrogen-bond acceptors (Lipinski definition) is 4. The average molecular weight is 341 g/mol. The summed E-state index contributed by atoms with van der Waals surface area (Å²) in [5.41, 5.74) is 0. The fourth-order valence-corrected chi connectivity index (χ4v) is 3.25. The van der Waals surface area contributed by atoms with Crippen LogP contribution in [0.2, 0.25) is 0 Å². The van der Waals surface area contributed by atoms with Crippen molar-refractivity contribution in [3.05, 3.63) is 24.0 Å². The zero-order chi connectivity index (χ0) is 17.1. The van der Waals surface area contributed by atoms with Gasteiger partial charge in [-0.1, -0.05) is 0 Å². The number of ether oxygens (including phenoxy) is 1. The third kappa shape index (κ3) is 4.34. The van der Waals surface area contributed by atoms with Gasteiger partial charge in [-0.3, -0.25) is 4.79 Å². The Morgan fingerprint density at radius 2 is 1.95 bits per heavy atom. The summed E-state index contributed by atoms with van der Waals surface area (Å²) in [6.07, 6.45) is 0. The van der Waals surface area contributed by atoms with Gasteiger partial charge in [0.25, 0.3) is 0 Å². The van der Waals surface area contributed by atoms with E-state index in [-0.39, 0.29) is 0 Å². The fraction of sp³-hybridized carbons (Fsp3) is 0.417. The minimum absolute atomic E-state index is 0.504. The fourth-order valence-electron chi connectivity index (χ4n) is 1.65. The molecular formula is C12H14F3NO5S. The number of benzene rings is 1. The van der Waals surface area contributed by atoms with Gasteiger partial charge in [0.15, 0.2) is 11.6 Å². The van der Waals surface area contributed by atoms with Gasteiger partial charge in [-0.2, -0.15) is 13.1 Å². The molecule has 0 saturated carbocycles. The summed E-state index contributed by atoms with van der Waals surface area (Å²) in [6, 6.07) is 1.42. The first kappa shape index (κ1) is 18.2. The summed E-state index contributed by atoms with van der Waals surface area (Å²) >= 11 is 0. The minimum Gasteiger partial charge on any atom is -0.480 e. The molecule has 6 nitrogen and oxygen atoms in total. The van der Waals surface area contributed by atoms with Crippen LogP contribution < -0.4 is 4.74 Å². The van der Waals surface area contributed by atoms with E-state index in [9.17, 15) is 26.4 Å². The molecule has 124 valence electrons. The molecule has 0 aliphatic carbocycles. The van der Waals surface area contributed by atoms with Crippen LogP contribution in [0.5, 0.6) is 5.75 Å². The van der Waals surface area contributed by atoms with Crippen molar-refractivity contribution in [2.45, 2.75) is 31.4 Å². The SMILES string of the molecule is CC(C)N(CC(=O)O)S(=O)(=O)c1ccc(OC(F)F)c(F)c1. The van der Waals surface area contributed by atoms with E-state index in [4.69, 9.17) is 5.11 Å². The molecule has 0 fully saturated rings. The molecule has 10 heteroatoms. The lowest BCUT2D eigenvalue weighted by Crippen LogP contribution is -2.40. The molecule has 0 bridgehead atoms. The Balaban J connectivity index is 3.21. The highest BCUT2D eigenvalue weighted by atomic mass is 32.2. The van der Waals surface area contributed by atoms with E-state index in [0.717, 1.165) is 12.1 Å². The summed E-state index contributed by atoms with van der Waals surface area (Å²) in [5.74, 6) is -3.47. The van der Waals surface area contributed by atoms with E-state index in [1.165, 1.54) is 13.8 Å². The van der Waals surface area contributed by atoms with Gasteiger partial charge < -0.3 is 9.84 Å². The van der Waals surface area contributed by atoms with Crippen molar-refractivity contribution in [3.63, 3.8) is 0 Å². The van der Waals surface area contributed by atoms with Crippen LogP contribution in [0.4, 0.5) is 13.2 Å². The topological polar surface area (TPSA) is 83.9 Å². The Morgan fingerprint density at radius 3 is 2.36 bits per heavy atom. The largest absolute Gasteiger partial charge is 0.480 e. The second-order valence-electron chi connectivity index (χ2n) is 4.51. The third-order valence-corrected chi connectivity index (χ3v) is 4.61. The summed E-state index contributed by atoms with van der Waals surface area (Å²) < 4.78 is 66.8. The second kappa shape index (κ2) is 6.97. The van der Waals surface area contributed by atoms with Crippen molar-refractivity contribution in [2.75, 3.05) is 6.54 Å². The van der Waals surface area contributed by atoms with Crippen LogP contribution >= 0.6 is 0 Å². The van der Waals surface area contributed by atoms with Gasteiger partial charge in [-0.25, -0.2) is 12.8 Å². The third-order valence-electron chi connectivity index (χ3n) is 2.59. The molecule has 1 aromatic carbocycles. The standard InChI is InChI=1S/C12H14F3NO5S/c1-7(2)16(6-11(17)18)22(19,20)8-3-4-10(9(13)5-8)21-12(14)15/h3-5,7,12H,6H2,1-2H3,(H,17,18). The first-order chi connectivity index (χ1) is 10.1. The molecule has 0 aliphatic rings. The first-order valence-corrected chi connectivity index (χ1v) is 7.47. The molecule has 0 saturated heterocycles. The molecule has 0 radical (unpaired) electrons. The van der Waals surface area contributed by atoms with Crippen LogP contribution in [-0.2, 0) is 14.8 Å². The summed E-state index contributed by atoms with van der Waals surface area (Å²) in [7, 11) is -4.29. The number of hydrogen-bond donors (Lipinski definition) is 1. The highest BCUT2D eigenvalue weighted by molar-refractivity contribution is 7.89. The van der Waals surface area contributed by atoms with Crippen molar-refractivity contribution >= 4 is 16.0 Å². The Bertz CT molecular complexity index is 648. The van der Waals surface area contributed by atoms with Crippen LogP contribution in [-0.4, -0.2) is 43.0 Å². The van der Waals surface area contributed by atoms with E-state index in [1.807, 2.05) is 0 Å². The van der Waals surface area contributed by atoms with Crippen LogP contribution in [0.1, 0.15) is 13.8 Å². The number of sulfonamides is 1. The molecule has 1 aromatic rings. The normalized spacial score (nSPS) is 12.2. The van der Waals surface area contributed by atoms with Gasteiger partial charge in [-0.15, -0.1) is 0 Å². The van der Waals surface area contributed by atoms with Gasteiger partial charge in [0, 0.05) is 6.04 Å². The van der Waals surface area contributed by atoms with Gasteiger partial charge in [0.1, 0.15) is 6.54 Å². The molecule has 0 heterocycles. The second-order valence-corrected chi connectivity index (χ2v) is 6.40. The summed E-state index contributed by atoms with van der Waals surface area (Å²) in [5, 5.41) is 8.76. The Labute approximate surface area is 125 Å². The molecule has 0 atom stereocenters. The van der Waals surface area contributed by atoms with Crippen LogP contribution in [0.3, 0.4) is 0 Å². The minimum atomic E-state index is -4.29. The number of carboxylic acid groups (broad SMARTS) is 1. The smallest absolute Gasteiger partial charge is 0.387 e. The zero-order valence-electron chi connectivity index (χ0n) is 11.7. The highest BCUT2D eigenvalue weighted by Gasteiger charge is 2.30. The van der Waals surface area contributed by atoms with E-state index in [0.29, 0.717) is 10.4 Å². The monoisotopic (exact) mass is 341 g/mol. The number of carbonyl (C=O) groups is 1. The lowest BCUT2D eigenvalue weighted by Gasteiger charge is -2.24. The Hall–Kier alpha value is -1.81. The van der Waals surface area contributed by atoms with E-state index < -0.39 is 51.7 Å². The van der Waals surface area contributed by atoms with Crippen LogP contribution in [0.25, 0.3) is 0 Å². The molecule has 0 aromatic heterocycles. The van der Waals surface area contributed by atoms with Gasteiger partial charge in [0.2, 0.25) is 10.0 Å². The van der Waals surface area contributed by atoms with Crippen molar-refractivity contribution in [1.82, 2.24) is 4.31 Å². The van der Waals surface area contributed by atoms with E-state index in [2.05, 4.69) is 4.74 Å². The molecule has 0 aliphatic heterocycles. The maximum absolute atomic E-state index is 13.6. The quantitative estimate of drug-likeness (QED) is 0.819. The molecule has 0 spiro atoms. The van der Waals surface area contributed by atoms with Gasteiger partial charge in [-0.05, 0) is 32.0 Å². The van der Waals surface area contributed by atoms with Crippen LogP contribution in [0.15, 0.2) is 23.1 Å². The molecule has 22 heavy (non-hydrogen) atoms.